The third kappa shape index (κ3) is 4.08. The molecule has 3 rings (SSSR count). The number of rotatable bonds is 4. The van der Waals surface area contributed by atoms with Gasteiger partial charge in [0.1, 0.15) is 17.6 Å². The Balaban J connectivity index is 1.56. The van der Waals surface area contributed by atoms with Crippen molar-refractivity contribution in [3.8, 4) is 11.8 Å². The SMILES string of the molecule is CCc1ccc(C2CCC(C(=O)Oc3ccc(C#N)c(F)c3)CC2)nc1. The molecule has 1 aromatic heterocycles. The fraction of sp³-hybridized carbons (Fsp3) is 0.381. The number of aromatic nitrogens is 1. The minimum absolute atomic E-state index is 0.0631. The predicted octanol–water partition coefficient (Wildman–Crippen LogP) is 4.53. The molecular formula is C21H21FN2O2. The Kier molecular flexibility index (Phi) is 5.62. The van der Waals surface area contributed by atoms with Gasteiger partial charge in [0.05, 0.1) is 11.5 Å². The van der Waals surface area contributed by atoms with Gasteiger partial charge in [-0.05, 0) is 55.9 Å². The summed E-state index contributed by atoms with van der Waals surface area (Å²) in [4.78, 5) is 16.9. The van der Waals surface area contributed by atoms with Crippen molar-refractivity contribution in [3.05, 3.63) is 59.2 Å². The van der Waals surface area contributed by atoms with Crippen LogP contribution in [0.25, 0.3) is 0 Å². The van der Waals surface area contributed by atoms with E-state index in [4.69, 9.17) is 10.00 Å². The van der Waals surface area contributed by atoms with E-state index in [-0.39, 0.29) is 23.2 Å². The smallest absolute Gasteiger partial charge is 0.314 e. The van der Waals surface area contributed by atoms with E-state index in [1.54, 1.807) is 6.07 Å². The molecule has 1 heterocycles. The molecule has 0 radical (unpaired) electrons. The second kappa shape index (κ2) is 8.09. The van der Waals surface area contributed by atoms with E-state index in [2.05, 4.69) is 24.0 Å². The van der Waals surface area contributed by atoms with Crippen LogP contribution < -0.4 is 4.74 Å². The average Bonchev–Trinajstić information content (AvgIpc) is 2.68. The Morgan fingerprint density at radius 1 is 1.27 bits per heavy atom. The fourth-order valence-corrected chi connectivity index (χ4v) is 3.36. The normalized spacial score (nSPS) is 19.6. The monoisotopic (exact) mass is 352 g/mol. The van der Waals surface area contributed by atoms with Crippen LogP contribution in [-0.4, -0.2) is 11.0 Å². The van der Waals surface area contributed by atoms with Crippen LogP contribution in [0, 0.1) is 23.1 Å². The zero-order valence-electron chi connectivity index (χ0n) is 14.7. The van der Waals surface area contributed by atoms with E-state index in [1.165, 1.54) is 17.7 Å². The lowest BCUT2D eigenvalue weighted by Crippen LogP contribution is -2.25. The van der Waals surface area contributed by atoms with Crippen LogP contribution >= 0.6 is 0 Å². The van der Waals surface area contributed by atoms with Gasteiger partial charge in [-0.3, -0.25) is 9.78 Å². The maximum atomic E-state index is 13.6. The molecule has 1 aliphatic carbocycles. The predicted molar refractivity (Wildman–Crippen MR) is 95.1 cm³/mol. The van der Waals surface area contributed by atoms with Crippen LogP contribution in [0.2, 0.25) is 0 Å². The molecule has 1 saturated carbocycles. The number of pyridine rings is 1. The molecule has 0 aliphatic heterocycles. The minimum atomic E-state index is -0.678. The summed E-state index contributed by atoms with van der Waals surface area (Å²) in [5, 5.41) is 8.74. The number of carbonyl (C=O) groups excluding carboxylic acids is 1. The van der Waals surface area contributed by atoms with E-state index in [9.17, 15) is 9.18 Å². The molecule has 0 amide bonds. The molecule has 1 fully saturated rings. The number of nitriles is 1. The summed E-state index contributed by atoms with van der Waals surface area (Å²) >= 11 is 0. The zero-order valence-corrected chi connectivity index (χ0v) is 14.7. The van der Waals surface area contributed by atoms with Crippen molar-refractivity contribution in [1.82, 2.24) is 4.98 Å². The van der Waals surface area contributed by atoms with Crippen molar-refractivity contribution >= 4 is 5.97 Å². The minimum Gasteiger partial charge on any atom is -0.426 e. The molecule has 0 spiro atoms. The fourth-order valence-electron chi connectivity index (χ4n) is 3.36. The number of carbonyl (C=O) groups is 1. The quantitative estimate of drug-likeness (QED) is 0.599. The zero-order chi connectivity index (χ0) is 18.5. The van der Waals surface area contributed by atoms with Crippen LogP contribution in [0.4, 0.5) is 4.39 Å². The molecule has 26 heavy (non-hydrogen) atoms. The van der Waals surface area contributed by atoms with Crippen LogP contribution in [-0.2, 0) is 11.2 Å². The second-order valence-electron chi connectivity index (χ2n) is 6.67. The molecule has 0 atom stereocenters. The van der Waals surface area contributed by atoms with Crippen LogP contribution in [0.5, 0.6) is 5.75 Å². The third-order valence-corrected chi connectivity index (χ3v) is 5.01. The maximum absolute atomic E-state index is 13.6. The highest BCUT2D eigenvalue weighted by Crippen LogP contribution is 2.35. The number of nitrogens with zero attached hydrogens (tertiary/aromatic N) is 2. The highest BCUT2D eigenvalue weighted by molar-refractivity contribution is 5.75. The summed E-state index contributed by atoms with van der Waals surface area (Å²) < 4.78 is 18.9. The van der Waals surface area contributed by atoms with Crippen molar-refractivity contribution < 1.29 is 13.9 Å². The number of aryl methyl sites for hydroxylation is 1. The first kappa shape index (κ1) is 18.1. The molecule has 1 aliphatic rings. The van der Waals surface area contributed by atoms with Gasteiger partial charge in [0, 0.05) is 23.9 Å². The topological polar surface area (TPSA) is 63.0 Å². The van der Waals surface area contributed by atoms with Gasteiger partial charge >= 0.3 is 5.97 Å². The number of hydrogen-bond acceptors (Lipinski definition) is 4. The van der Waals surface area contributed by atoms with Gasteiger partial charge in [0.25, 0.3) is 0 Å². The summed E-state index contributed by atoms with van der Waals surface area (Å²) in [5.74, 6) is -0.674. The van der Waals surface area contributed by atoms with Crippen LogP contribution in [0.1, 0.15) is 55.3 Å². The molecule has 4 nitrogen and oxygen atoms in total. The van der Waals surface area contributed by atoms with Gasteiger partial charge in [-0.15, -0.1) is 0 Å². The van der Waals surface area contributed by atoms with E-state index in [0.29, 0.717) is 5.92 Å². The highest BCUT2D eigenvalue weighted by Gasteiger charge is 2.29. The first-order chi connectivity index (χ1) is 12.6. The van der Waals surface area contributed by atoms with E-state index in [1.807, 2.05) is 6.20 Å². The molecule has 134 valence electrons. The highest BCUT2D eigenvalue weighted by atomic mass is 19.1. The van der Waals surface area contributed by atoms with Crippen molar-refractivity contribution in [2.75, 3.05) is 0 Å². The van der Waals surface area contributed by atoms with Gasteiger partial charge in [-0.25, -0.2) is 4.39 Å². The van der Waals surface area contributed by atoms with Gasteiger partial charge in [0.2, 0.25) is 0 Å². The van der Waals surface area contributed by atoms with Gasteiger partial charge < -0.3 is 4.74 Å². The molecule has 0 bridgehead atoms. The van der Waals surface area contributed by atoms with Crippen LogP contribution in [0.15, 0.2) is 36.5 Å². The first-order valence-corrected chi connectivity index (χ1v) is 8.97. The lowest BCUT2D eigenvalue weighted by atomic mass is 9.80. The van der Waals surface area contributed by atoms with Crippen molar-refractivity contribution in [1.29, 1.82) is 5.26 Å². The van der Waals surface area contributed by atoms with E-state index in [0.717, 1.165) is 43.9 Å². The number of ether oxygens (including phenoxy) is 1. The Morgan fingerprint density at radius 2 is 2.04 bits per heavy atom. The molecular weight excluding hydrogens is 331 g/mol. The number of halogens is 1. The Hall–Kier alpha value is -2.74. The van der Waals surface area contributed by atoms with Crippen molar-refractivity contribution in [2.45, 2.75) is 44.9 Å². The molecule has 5 heteroatoms. The number of benzene rings is 1. The maximum Gasteiger partial charge on any atom is 0.314 e. The van der Waals surface area contributed by atoms with Crippen molar-refractivity contribution in [2.24, 2.45) is 5.92 Å². The van der Waals surface area contributed by atoms with Crippen molar-refractivity contribution in [3.63, 3.8) is 0 Å². The third-order valence-electron chi connectivity index (χ3n) is 5.01. The standard InChI is InChI=1S/C21H21FN2O2/c1-2-14-3-10-20(24-13-14)15-4-6-16(7-5-15)21(25)26-18-9-8-17(12-23)19(22)11-18/h3,8-11,13,15-16H,2,4-7H2,1H3. The van der Waals surface area contributed by atoms with Gasteiger partial charge in [0.15, 0.2) is 0 Å². The van der Waals surface area contributed by atoms with Crippen LogP contribution in [0.3, 0.4) is 0 Å². The lowest BCUT2D eigenvalue weighted by Gasteiger charge is -2.26. The summed E-state index contributed by atoms with van der Waals surface area (Å²) in [7, 11) is 0. The number of hydrogen-bond donors (Lipinski definition) is 0. The Morgan fingerprint density at radius 3 is 2.62 bits per heavy atom. The lowest BCUT2D eigenvalue weighted by molar-refractivity contribution is -0.140. The summed E-state index contributed by atoms with van der Waals surface area (Å²) in [6.45, 7) is 2.10. The average molecular weight is 352 g/mol. The second-order valence-corrected chi connectivity index (χ2v) is 6.67. The summed E-state index contributed by atoms with van der Waals surface area (Å²) in [6, 6.07) is 9.80. The van der Waals surface area contributed by atoms with Gasteiger partial charge in [-0.2, -0.15) is 5.26 Å². The molecule has 1 aromatic carbocycles. The molecule has 2 aromatic rings. The molecule has 0 N–H and O–H groups in total. The Bertz CT molecular complexity index is 819. The largest absolute Gasteiger partial charge is 0.426 e. The Labute approximate surface area is 152 Å². The molecule has 0 unspecified atom stereocenters. The first-order valence-electron chi connectivity index (χ1n) is 8.97. The summed E-state index contributed by atoms with van der Waals surface area (Å²) in [5.41, 5.74) is 2.25. The van der Waals surface area contributed by atoms with E-state index >= 15 is 0 Å². The molecule has 0 saturated heterocycles. The number of esters is 1. The van der Waals surface area contributed by atoms with Gasteiger partial charge in [-0.1, -0.05) is 13.0 Å². The summed E-state index contributed by atoms with van der Waals surface area (Å²) in [6.07, 6.45) is 6.15. The van der Waals surface area contributed by atoms with E-state index < -0.39 is 5.82 Å².